The van der Waals surface area contributed by atoms with Gasteiger partial charge in [-0.1, -0.05) is 25.4 Å². The third kappa shape index (κ3) is 3.05. The quantitative estimate of drug-likeness (QED) is 0.810. The fraction of sp³-hybridized carbons (Fsp3) is 0.533. The van der Waals surface area contributed by atoms with Gasteiger partial charge in [0, 0.05) is 23.8 Å². The van der Waals surface area contributed by atoms with Gasteiger partial charge in [0.1, 0.15) is 11.5 Å². The topological polar surface area (TPSA) is 26.3 Å². The van der Waals surface area contributed by atoms with E-state index >= 15 is 0 Å². The Labute approximate surface area is 113 Å². The summed E-state index contributed by atoms with van der Waals surface area (Å²) < 4.78 is 5.65. The van der Waals surface area contributed by atoms with Crippen LogP contribution in [0.2, 0.25) is 5.02 Å². The number of rotatable bonds is 5. The van der Waals surface area contributed by atoms with Gasteiger partial charge in [-0.15, -0.1) is 0 Å². The van der Waals surface area contributed by atoms with Gasteiger partial charge < -0.3 is 4.74 Å². The number of ether oxygens (including phenoxy) is 1. The van der Waals surface area contributed by atoms with Crippen LogP contribution in [0.4, 0.5) is 0 Å². The molecule has 3 heteroatoms. The number of halogens is 1. The van der Waals surface area contributed by atoms with E-state index < -0.39 is 0 Å². The summed E-state index contributed by atoms with van der Waals surface area (Å²) in [7, 11) is 0. The number of carbonyl (C=O) groups is 1. The molecule has 1 aromatic carbocycles. The van der Waals surface area contributed by atoms with E-state index in [0.717, 1.165) is 42.2 Å². The maximum atomic E-state index is 11.6. The number of hydrogen-bond donors (Lipinski definition) is 0. The van der Waals surface area contributed by atoms with Crippen LogP contribution in [0.1, 0.15) is 37.8 Å². The highest BCUT2D eigenvalue weighted by Crippen LogP contribution is 2.33. The molecule has 18 heavy (non-hydrogen) atoms. The molecule has 2 rings (SSSR count). The summed E-state index contributed by atoms with van der Waals surface area (Å²) in [6.07, 6.45) is 3.31. The van der Waals surface area contributed by atoms with E-state index in [-0.39, 0.29) is 5.92 Å². The minimum Gasteiger partial charge on any atom is -0.493 e. The zero-order valence-electron chi connectivity index (χ0n) is 11.0. The highest BCUT2D eigenvalue weighted by atomic mass is 35.5. The smallest absolute Gasteiger partial charge is 0.135 e. The van der Waals surface area contributed by atoms with Crippen LogP contribution in [0.5, 0.6) is 5.75 Å². The largest absolute Gasteiger partial charge is 0.493 e. The first-order chi connectivity index (χ1) is 8.58. The summed E-state index contributed by atoms with van der Waals surface area (Å²) in [6.45, 7) is 4.64. The van der Waals surface area contributed by atoms with Crippen molar-refractivity contribution in [2.45, 2.75) is 39.5 Å². The first kappa shape index (κ1) is 13.4. The van der Waals surface area contributed by atoms with Crippen molar-refractivity contribution >= 4 is 17.4 Å². The van der Waals surface area contributed by atoms with Crippen LogP contribution in [-0.4, -0.2) is 12.4 Å². The molecule has 0 saturated carbocycles. The average Bonchev–Trinajstić information content (AvgIpc) is 2.76. The lowest BCUT2D eigenvalue weighted by atomic mass is 9.99. The standard InChI is InChI=1S/C15H19ClO2/c1-10(2)14(17)5-3-4-11-8-13(16)9-12-6-7-18-15(11)12/h8-10H,3-7H2,1-2H3. The number of benzene rings is 1. The second-order valence-corrected chi connectivity index (χ2v) is 5.56. The molecule has 0 spiro atoms. The molecule has 0 N–H and O–H groups in total. The van der Waals surface area contributed by atoms with Crippen molar-refractivity contribution in [3.8, 4) is 5.75 Å². The molecule has 0 aliphatic carbocycles. The van der Waals surface area contributed by atoms with Crippen LogP contribution in [0.15, 0.2) is 12.1 Å². The molecule has 1 aromatic rings. The maximum absolute atomic E-state index is 11.6. The number of carbonyl (C=O) groups excluding carboxylic acids is 1. The first-order valence-electron chi connectivity index (χ1n) is 6.54. The Hall–Kier alpha value is -1.02. The minimum absolute atomic E-state index is 0.131. The number of fused-ring (bicyclic) bond motifs is 1. The number of Topliss-reactive ketones (excluding diaryl/α,β-unsaturated/α-hetero) is 1. The Bertz CT molecular complexity index is 452. The lowest BCUT2D eigenvalue weighted by molar-refractivity contribution is -0.121. The van der Waals surface area contributed by atoms with Crippen molar-refractivity contribution in [2.75, 3.05) is 6.61 Å². The molecule has 0 atom stereocenters. The highest BCUT2D eigenvalue weighted by molar-refractivity contribution is 6.30. The zero-order valence-corrected chi connectivity index (χ0v) is 11.7. The van der Waals surface area contributed by atoms with Crippen LogP contribution in [0, 0.1) is 5.92 Å². The molecule has 0 radical (unpaired) electrons. The summed E-state index contributed by atoms with van der Waals surface area (Å²) in [5, 5.41) is 0.768. The molecule has 0 fully saturated rings. The van der Waals surface area contributed by atoms with Crippen molar-refractivity contribution < 1.29 is 9.53 Å². The predicted molar refractivity (Wildman–Crippen MR) is 73.4 cm³/mol. The molecule has 0 bridgehead atoms. The minimum atomic E-state index is 0.131. The number of ketones is 1. The van der Waals surface area contributed by atoms with E-state index in [2.05, 4.69) is 0 Å². The summed E-state index contributed by atoms with van der Waals surface area (Å²) in [4.78, 5) is 11.6. The van der Waals surface area contributed by atoms with Gasteiger partial charge in [0.25, 0.3) is 0 Å². The van der Waals surface area contributed by atoms with Gasteiger partial charge in [0.2, 0.25) is 0 Å². The summed E-state index contributed by atoms with van der Waals surface area (Å²) in [6, 6.07) is 3.94. The van der Waals surface area contributed by atoms with Crippen LogP contribution in [0.3, 0.4) is 0 Å². The molecular formula is C15H19ClO2. The van der Waals surface area contributed by atoms with Gasteiger partial charge >= 0.3 is 0 Å². The molecule has 0 amide bonds. The second-order valence-electron chi connectivity index (χ2n) is 5.13. The van der Waals surface area contributed by atoms with E-state index in [1.54, 1.807) is 0 Å². The van der Waals surface area contributed by atoms with E-state index in [9.17, 15) is 4.79 Å². The van der Waals surface area contributed by atoms with Crippen molar-refractivity contribution in [1.29, 1.82) is 0 Å². The first-order valence-corrected chi connectivity index (χ1v) is 6.92. The van der Waals surface area contributed by atoms with Crippen LogP contribution < -0.4 is 4.74 Å². The summed E-state index contributed by atoms with van der Waals surface area (Å²) >= 11 is 6.10. The zero-order chi connectivity index (χ0) is 13.1. The Kier molecular flexibility index (Phi) is 4.28. The van der Waals surface area contributed by atoms with Gasteiger partial charge in [0.05, 0.1) is 6.61 Å². The molecule has 0 aromatic heterocycles. The molecule has 98 valence electrons. The fourth-order valence-corrected chi connectivity index (χ4v) is 2.54. The van der Waals surface area contributed by atoms with Crippen LogP contribution in [-0.2, 0) is 17.6 Å². The molecule has 1 aliphatic heterocycles. The van der Waals surface area contributed by atoms with Gasteiger partial charge in [0.15, 0.2) is 0 Å². The molecule has 2 nitrogen and oxygen atoms in total. The van der Waals surface area contributed by atoms with Gasteiger partial charge in [-0.05, 0) is 36.1 Å². The third-order valence-electron chi connectivity index (χ3n) is 3.34. The highest BCUT2D eigenvalue weighted by Gasteiger charge is 2.17. The van der Waals surface area contributed by atoms with E-state index in [0.29, 0.717) is 12.2 Å². The Morgan fingerprint density at radius 1 is 1.44 bits per heavy atom. The van der Waals surface area contributed by atoms with Gasteiger partial charge in [-0.25, -0.2) is 0 Å². The Morgan fingerprint density at radius 2 is 2.22 bits per heavy atom. The SMILES string of the molecule is CC(C)C(=O)CCCc1cc(Cl)cc2c1OCC2. The molecule has 0 unspecified atom stereocenters. The number of hydrogen-bond acceptors (Lipinski definition) is 2. The number of aryl methyl sites for hydroxylation is 1. The van der Waals surface area contributed by atoms with Gasteiger partial charge in [-0.2, -0.15) is 0 Å². The molecule has 1 heterocycles. The molecule has 1 aliphatic rings. The Morgan fingerprint density at radius 3 is 2.94 bits per heavy atom. The second kappa shape index (κ2) is 5.75. The summed E-state index contributed by atoms with van der Waals surface area (Å²) in [5.41, 5.74) is 2.35. The van der Waals surface area contributed by atoms with Gasteiger partial charge in [-0.3, -0.25) is 4.79 Å². The lowest BCUT2D eigenvalue weighted by Crippen LogP contribution is -2.07. The fourth-order valence-electron chi connectivity index (χ4n) is 2.27. The van der Waals surface area contributed by atoms with Crippen LogP contribution in [0.25, 0.3) is 0 Å². The van der Waals surface area contributed by atoms with Crippen molar-refractivity contribution in [3.05, 3.63) is 28.3 Å². The van der Waals surface area contributed by atoms with Crippen molar-refractivity contribution in [3.63, 3.8) is 0 Å². The van der Waals surface area contributed by atoms with Crippen molar-refractivity contribution in [1.82, 2.24) is 0 Å². The maximum Gasteiger partial charge on any atom is 0.135 e. The monoisotopic (exact) mass is 266 g/mol. The normalized spacial score (nSPS) is 13.6. The van der Waals surface area contributed by atoms with E-state index in [4.69, 9.17) is 16.3 Å². The molecule has 0 saturated heterocycles. The van der Waals surface area contributed by atoms with E-state index in [1.807, 2.05) is 26.0 Å². The van der Waals surface area contributed by atoms with Crippen molar-refractivity contribution in [2.24, 2.45) is 5.92 Å². The average molecular weight is 267 g/mol. The molecular weight excluding hydrogens is 248 g/mol. The Balaban J connectivity index is 2.00. The lowest BCUT2D eigenvalue weighted by Gasteiger charge is -2.09. The summed E-state index contributed by atoms with van der Waals surface area (Å²) in [5.74, 6) is 1.46. The predicted octanol–water partition coefficient (Wildman–Crippen LogP) is 3.82. The van der Waals surface area contributed by atoms with Crippen LogP contribution >= 0.6 is 11.6 Å². The third-order valence-corrected chi connectivity index (χ3v) is 3.56. The van der Waals surface area contributed by atoms with E-state index in [1.165, 1.54) is 5.56 Å².